The molecule has 4 rings (SSSR count). The second-order valence-corrected chi connectivity index (χ2v) is 9.04. The molecule has 192 valence electrons. The first-order valence-electron chi connectivity index (χ1n) is 11.3. The number of carbonyl (C=O) groups is 3. The number of nitrogens with zero attached hydrogens (tertiary/aromatic N) is 1. The molecule has 2 aromatic carbocycles. The van der Waals surface area contributed by atoms with Gasteiger partial charge in [-0.1, -0.05) is 36.0 Å². The summed E-state index contributed by atoms with van der Waals surface area (Å²) in [6.45, 7) is 1.82. The minimum Gasteiger partial charge on any atom is -0.497 e. The van der Waals surface area contributed by atoms with Gasteiger partial charge >= 0.3 is 11.9 Å². The highest BCUT2D eigenvalue weighted by molar-refractivity contribution is 8.10. The maximum Gasteiger partial charge on any atom is 0.357 e. The van der Waals surface area contributed by atoms with Crippen molar-refractivity contribution in [3.63, 3.8) is 0 Å². The molecular weight excluding hydrogens is 496 g/mol. The molecule has 0 saturated carbocycles. The predicted molar refractivity (Wildman–Crippen MR) is 140 cm³/mol. The molecule has 0 saturated heterocycles. The second kappa shape index (κ2) is 10.8. The van der Waals surface area contributed by atoms with Crippen molar-refractivity contribution in [3.05, 3.63) is 75.9 Å². The molecule has 2 N–H and O–H groups in total. The van der Waals surface area contributed by atoms with E-state index in [4.69, 9.17) is 24.7 Å². The van der Waals surface area contributed by atoms with Crippen LogP contribution in [-0.4, -0.2) is 50.3 Å². The lowest BCUT2D eigenvalue weighted by Crippen LogP contribution is -2.42. The normalized spacial score (nSPS) is 15.2. The number of nitrogens with two attached hydrogens (primary N) is 1. The minimum atomic E-state index is -0.846. The Hall–Kier alpha value is -4.18. The molecule has 3 aromatic rings. The molecule has 0 spiro atoms. The first kappa shape index (κ1) is 25.9. The summed E-state index contributed by atoms with van der Waals surface area (Å²) in [6, 6.07) is 14.0. The van der Waals surface area contributed by atoms with Crippen LogP contribution in [0.15, 0.2) is 48.5 Å². The van der Waals surface area contributed by atoms with Crippen molar-refractivity contribution in [1.29, 1.82) is 0 Å². The van der Waals surface area contributed by atoms with Crippen molar-refractivity contribution in [2.24, 2.45) is 0 Å². The highest BCUT2D eigenvalue weighted by Gasteiger charge is 2.38. The van der Waals surface area contributed by atoms with E-state index in [9.17, 15) is 14.4 Å². The van der Waals surface area contributed by atoms with Gasteiger partial charge in [-0.15, -0.1) is 0 Å². The van der Waals surface area contributed by atoms with Crippen LogP contribution in [0, 0.1) is 0 Å². The van der Waals surface area contributed by atoms with E-state index >= 15 is 0 Å². The topological polar surface area (TPSA) is 119 Å². The number of esters is 2. The van der Waals surface area contributed by atoms with Gasteiger partial charge in [0.05, 0.1) is 39.0 Å². The maximum atomic E-state index is 13.9. The quantitative estimate of drug-likeness (QED) is 0.467. The summed E-state index contributed by atoms with van der Waals surface area (Å²) in [6.07, 6.45) is 1.70. The third-order valence-electron chi connectivity index (χ3n) is 5.83. The predicted octanol–water partition coefficient (Wildman–Crippen LogP) is 2.50. The van der Waals surface area contributed by atoms with E-state index in [2.05, 4.69) is 0 Å². The van der Waals surface area contributed by atoms with Gasteiger partial charge in [-0.3, -0.25) is 9.36 Å². The first-order chi connectivity index (χ1) is 17.8. The van der Waals surface area contributed by atoms with Crippen LogP contribution in [0.5, 0.6) is 11.5 Å². The molecule has 1 aliphatic rings. The molecule has 2 heterocycles. The van der Waals surface area contributed by atoms with Crippen molar-refractivity contribution in [3.8, 4) is 11.5 Å². The first-order valence-corrected chi connectivity index (χ1v) is 12.2. The molecule has 1 aromatic heterocycles. The molecule has 0 radical (unpaired) electrons. The number of rotatable bonds is 7. The summed E-state index contributed by atoms with van der Waals surface area (Å²) in [5.41, 5.74) is 7.67. The Morgan fingerprint density at radius 1 is 0.973 bits per heavy atom. The number of thioether (sulfide) groups is 1. The Labute approximate surface area is 217 Å². The monoisotopic (exact) mass is 522 g/mol. The SMILES string of the molecule is CCOC(=O)C1=c2/c(=C/c3ccc(OC)cc3)c(N)c(C(=O)OC)n2C(=O)C(c2ccc(OC)cc2)S1. The van der Waals surface area contributed by atoms with E-state index in [1.165, 1.54) is 11.7 Å². The van der Waals surface area contributed by atoms with Crippen molar-refractivity contribution in [2.45, 2.75) is 12.2 Å². The summed E-state index contributed by atoms with van der Waals surface area (Å²) in [7, 11) is 4.31. The summed E-state index contributed by atoms with van der Waals surface area (Å²) >= 11 is 1.05. The fourth-order valence-corrected chi connectivity index (χ4v) is 5.24. The molecular formula is C27H26N2O7S. The van der Waals surface area contributed by atoms with Gasteiger partial charge in [0.25, 0.3) is 0 Å². The van der Waals surface area contributed by atoms with E-state index in [1.807, 2.05) is 0 Å². The van der Waals surface area contributed by atoms with Gasteiger partial charge in [0, 0.05) is 5.22 Å². The average Bonchev–Trinajstić information content (AvgIpc) is 3.21. The second-order valence-electron chi connectivity index (χ2n) is 7.93. The Balaban J connectivity index is 2.04. The van der Waals surface area contributed by atoms with Gasteiger partial charge in [0.1, 0.15) is 21.7 Å². The molecule has 1 atom stereocenters. The molecule has 1 aliphatic heterocycles. The van der Waals surface area contributed by atoms with Crippen molar-refractivity contribution >= 4 is 46.3 Å². The van der Waals surface area contributed by atoms with Gasteiger partial charge in [0.15, 0.2) is 5.69 Å². The molecule has 9 nitrogen and oxygen atoms in total. The van der Waals surface area contributed by atoms with Crippen LogP contribution < -0.4 is 25.8 Å². The number of ether oxygens (including phenoxy) is 4. The van der Waals surface area contributed by atoms with Crippen LogP contribution in [0.4, 0.5) is 5.69 Å². The summed E-state index contributed by atoms with van der Waals surface area (Å²) < 4.78 is 21.9. The number of methoxy groups -OCH3 is 3. The van der Waals surface area contributed by atoms with Gasteiger partial charge < -0.3 is 24.7 Å². The minimum absolute atomic E-state index is 0.0174. The number of aromatic nitrogens is 1. The Morgan fingerprint density at radius 3 is 2.11 bits per heavy atom. The Morgan fingerprint density at radius 2 is 1.57 bits per heavy atom. The van der Waals surface area contributed by atoms with Crippen LogP contribution >= 0.6 is 11.8 Å². The fraction of sp³-hybridized carbons (Fsp3) is 0.222. The van der Waals surface area contributed by atoms with Crippen molar-refractivity contribution in [2.75, 3.05) is 33.7 Å². The third-order valence-corrected chi connectivity index (χ3v) is 7.13. The summed E-state index contributed by atoms with van der Waals surface area (Å²) in [5, 5.41) is -0.323. The average molecular weight is 523 g/mol. The van der Waals surface area contributed by atoms with Crippen LogP contribution in [0.25, 0.3) is 11.0 Å². The Bertz CT molecular complexity index is 1470. The van der Waals surface area contributed by atoms with Crippen LogP contribution in [0.1, 0.15) is 38.6 Å². The number of fused-ring (bicyclic) bond motifs is 1. The van der Waals surface area contributed by atoms with E-state index in [1.54, 1.807) is 75.8 Å². The summed E-state index contributed by atoms with van der Waals surface area (Å²) in [4.78, 5) is 40.1. The summed E-state index contributed by atoms with van der Waals surface area (Å²) in [5.74, 6) is -0.599. The van der Waals surface area contributed by atoms with Crippen molar-refractivity contribution < 1.29 is 33.3 Å². The number of benzene rings is 2. The lowest BCUT2D eigenvalue weighted by atomic mass is 10.1. The highest BCUT2D eigenvalue weighted by atomic mass is 32.2. The highest BCUT2D eigenvalue weighted by Crippen LogP contribution is 2.40. The van der Waals surface area contributed by atoms with Gasteiger partial charge in [-0.25, -0.2) is 9.59 Å². The Kier molecular flexibility index (Phi) is 7.58. The molecule has 0 fully saturated rings. The smallest absolute Gasteiger partial charge is 0.357 e. The van der Waals surface area contributed by atoms with Gasteiger partial charge in [0.2, 0.25) is 5.91 Å². The van der Waals surface area contributed by atoms with E-state index in [-0.39, 0.29) is 28.2 Å². The fourth-order valence-electron chi connectivity index (χ4n) is 4.03. The zero-order valence-corrected chi connectivity index (χ0v) is 21.6. The van der Waals surface area contributed by atoms with Gasteiger partial charge in [-0.05, 0) is 48.4 Å². The van der Waals surface area contributed by atoms with E-state index in [0.717, 1.165) is 17.3 Å². The van der Waals surface area contributed by atoms with Crippen molar-refractivity contribution in [1.82, 2.24) is 4.57 Å². The molecule has 10 heteroatoms. The number of anilines is 1. The molecule has 0 amide bonds. The lowest BCUT2D eigenvalue weighted by molar-refractivity contribution is -0.135. The largest absolute Gasteiger partial charge is 0.497 e. The molecule has 1 unspecified atom stereocenters. The van der Waals surface area contributed by atoms with Gasteiger partial charge in [-0.2, -0.15) is 0 Å². The zero-order chi connectivity index (χ0) is 26.7. The maximum absolute atomic E-state index is 13.9. The molecule has 0 bridgehead atoms. The lowest BCUT2D eigenvalue weighted by Gasteiger charge is -2.23. The number of hydrogen-bond acceptors (Lipinski definition) is 9. The van der Waals surface area contributed by atoms with E-state index in [0.29, 0.717) is 22.3 Å². The standard InChI is InChI=1S/C27H26N2O7S/c1-5-36-27(32)24-21-19(14-15-6-10-17(33-2)11-7-15)20(28)22(26(31)35-4)29(21)25(30)23(37-24)16-8-12-18(34-3)13-9-16/h6-14,23H,5,28H2,1-4H3/b19-14+. The zero-order valence-electron chi connectivity index (χ0n) is 20.8. The molecule has 37 heavy (non-hydrogen) atoms. The van der Waals surface area contributed by atoms with Crippen LogP contribution in [0.2, 0.25) is 0 Å². The number of carbonyl (C=O) groups excluding carboxylic acids is 3. The molecule has 0 aliphatic carbocycles. The van der Waals surface area contributed by atoms with Crippen LogP contribution in [0.3, 0.4) is 0 Å². The third kappa shape index (κ3) is 4.79. The number of nitrogen functional groups attached to an aromatic ring is 1. The van der Waals surface area contributed by atoms with E-state index < -0.39 is 23.1 Å². The van der Waals surface area contributed by atoms with Crippen LogP contribution in [-0.2, 0) is 14.3 Å². The number of hydrogen-bond donors (Lipinski definition) is 1.